The number of urea groups is 1. The molecule has 12 nitrogen and oxygen atoms in total. The van der Waals surface area contributed by atoms with Gasteiger partial charge in [-0.2, -0.15) is 0 Å². The standard InChI is InChI=1S/C19H30N4O8/c1-19(2,3)30-17(27)21-9-10-22-13(11-21)14(24)23(16(22)26)31-18(28)20-7-5-12(6-8-20)15(25)29-4/h12-14,24H,5-11H2,1-4H3. The van der Waals surface area contributed by atoms with Gasteiger partial charge in [0, 0.05) is 32.7 Å². The summed E-state index contributed by atoms with van der Waals surface area (Å²) in [7, 11) is 1.32. The predicted molar refractivity (Wildman–Crippen MR) is 104 cm³/mol. The molecule has 3 aliphatic rings. The van der Waals surface area contributed by atoms with Crippen LogP contribution in [0.25, 0.3) is 0 Å². The van der Waals surface area contributed by atoms with Crippen LogP contribution < -0.4 is 0 Å². The molecule has 0 bridgehead atoms. The van der Waals surface area contributed by atoms with Crippen molar-refractivity contribution in [2.75, 3.05) is 39.8 Å². The zero-order valence-electron chi connectivity index (χ0n) is 18.3. The second-order valence-electron chi connectivity index (χ2n) is 8.85. The van der Waals surface area contributed by atoms with Gasteiger partial charge in [0.15, 0.2) is 6.23 Å². The molecule has 0 aromatic rings. The van der Waals surface area contributed by atoms with Crippen molar-refractivity contribution >= 4 is 24.2 Å². The number of amides is 4. The summed E-state index contributed by atoms with van der Waals surface area (Å²) in [6, 6.07) is -1.38. The number of aliphatic hydroxyl groups is 1. The van der Waals surface area contributed by atoms with E-state index in [4.69, 9.17) is 14.3 Å². The Morgan fingerprint density at radius 3 is 2.23 bits per heavy atom. The highest BCUT2D eigenvalue weighted by Gasteiger charge is 2.51. The monoisotopic (exact) mass is 442 g/mol. The number of hydroxylamine groups is 2. The number of carbonyl (C=O) groups excluding carboxylic acids is 4. The highest BCUT2D eigenvalue weighted by molar-refractivity contribution is 5.80. The van der Waals surface area contributed by atoms with Crippen LogP contribution in [0.5, 0.6) is 0 Å². The minimum atomic E-state index is -1.42. The second-order valence-corrected chi connectivity index (χ2v) is 8.85. The molecule has 31 heavy (non-hydrogen) atoms. The van der Waals surface area contributed by atoms with Crippen molar-refractivity contribution in [3.8, 4) is 0 Å². The Morgan fingerprint density at radius 1 is 1.00 bits per heavy atom. The molecule has 3 rings (SSSR count). The lowest BCUT2D eigenvalue weighted by atomic mass is 9.97. The molecule has 2 atom stereocenters. The lowest BCUT2D eigenvalue weighted by Crippen LogP contribution is -2.56. The summed E-state index contributed by atoms with van der Waals surface area (Å²) in [5, 5.41) is 11.3. The Morgan fingerprint density at radius 2 is 1.65 bits per heavy atom. The van der Waals surface area contributed by atoms with Crippen molar-refractivity contribution in [3.63, 3.8) is 0 Å². The molecular formula is C19H30N4O8. The largest absolute Gasteiger partial charge is 0.469 e. The van der Waals surface area contributed by atoms with E-state index < -0.39 is 36.1 Å². The van der Waals surface area contributed by atoms with Crippen LogP contribution in [0.3, 0.4) is 0 Å². The first kappa shape index (κ1) is 22.9. The van der Waals surface area contributed by atoms with E-state index in [1.165, 1.54) is 21.8 Å². The van der Waals surface area contributed by atoms with Crippen LogP contribution in [-0.4, -0.2) is 107 Å². The fourth-order valence-electron chi connectivity index (χ4n) is 3.89. The van der Waals surface area contributed by atoms with E-state index in [0.717, 1.165) is 0 Å². The molecular weight excluding hydrogens is 412 g/mol. The molecule has 0 saturated carbocycles. The number of carbonyl (C=O) groups is 4. The average Bonchev–Trinajstić information content (AvgIpc) is 2.96. The van der Waals surface area contributed by atoms with Gasteiger partial charge in [-0.3, -0.25) is 4.79 Å². The molecule has 0 aliphatic carbocycles. The number of hydrogen-bond acceptors (Lipinski definition) is 8. The van der Waals surface area contributed by atoms with Crippen LogP contribution in [-0.2, 0) is 19.1 Å². The van der Waals surface area contributed by atoms with Gasteiger partial charge >= 0.3 is 24.2 Å². The Hall–Kier alpha value is -2.76. The van der Waals surface area contributed by atoms with Crippen LogP contribution in [0, 0.1) is 5.92 Å². The lowest BCUT2D eigenvalue weighted by Gasteiger charge is -2.37. The van der Waals surface area contributed by atoms with Crippen LogP contribution in [0.4, 0.5) is 14.4 Å². The average molecular weight is 442 g/mol. The van der Waals surface area contributed by atoms with Gasteiger partial charge in [-0.1, -0.05) is 0 Å². The molecule has 12 heteroatoms. The fraction of sp³-hybridized carbons (Fsp3) is 0.789. The number of nitrogens with zero attached hydrogens (tertiary/aromatic N) is 4. The van der Waals surface area contributed by atoms with Crippen LogP contribution >= 0.6 is 0 Å². The third-order valence-corrected chi connectivity index (χ3v) is 5.55. The summed E-state index contributed by atoms with van der Waals surface area (Å²) >= 11 is 0. The second kappa shape index (κ2) is 8.77. The smallest absolute Gasteiger partial charge is 0.434 e. The molecule has 3 aliphatic heterocycles. The van der Waals surface area contributed by atoms with Crippen molar-refractivity contribution in [1.29, 1.82) is 0 Å². The number of fused-ring (bicyclic) bond motifs is 1. The number of rotatable bonds is 2. The van der Waals surface area contributed by atoms with E-state index in [9.17, 15) is 24.3 Å². The van der Waals surface area contributed by atoms with Gasteiger partial charge in [-0.25, -0.2) is 14.4 Å². The van der Waals surface area contributed by atoms with Crippen LogP contribution in [0.1, 0.15) is 33.6 Å². The first-order chi connectivity index (χ1) is 14.5. The van der Waals surface area contributed by atoms with Gasteiger partial charge in [0.05, 0.1) is 19.1 Å². The zero-order valence-corrected chi connectivity index (χ0v) is 18.3. The molecule has 1 N–H and O–H groups in total. The molecule has 4 amide bonds. The Balaban J connectivity index is 1.57. The normalized spacial score (nSPS) is 24.7. The minimum Gasteiger partial charge on any atom is -0.469 e. The van der Waals surface area contributed by atoms with E-state index in [1.54, 1.807) is 20.8 Å². The minimum absolute atomic E-state index is 0.0559. The van der Waals surface area contributed by atoms with E-state index in [-0.39, 0.29) is 44.6 Å². The van der Waals surface area contributed by atoms with Gasteiger partial charge in [0.25, 0.3) is 0 Å². The highest BCUT2D eigenvalue weighted by Crippen LogP contribution is 2.27. The van der Waals surface area contributed by atoms with Crippen molar-refractivity contribution in [3.05, 3.63) is 0 Å². The van der Waals surface area contributed by atoms with E-state index in [2.05, 4.69) is 0 Å². The number of ether oxygens (including phenoxy) is 2. The van der Waals surface area contributed by atoms with Gasteiger partial charge in [0.1, 0.15) is 5.60 Å². The molecule has 3 fully saturated rings. The van der Waals surface area contributed by atoms with Gasteiger partial charge in [-0.15, -0.1) is 5.06 Å². The van der Waals surface area contributed by atoms with Gasteiger partial charge in [0.2, 0.25) is 0 Å². The number of aliphatic hydroxyl groups excluding tert-OH is 1. The third-order valence-electron chi connectivity index (χ3n) is 5.55. The molecule has 3 heterocycles. The maximum absolute atomic E-state index is 12.7. The fourth-order valence-corrected chi connectivity index (χ4v) is 3.89. The van der Waals surface area contributed by atoms with E-state index in [1.807, 2.05) is 0 Å². The quantitative estimate of drug-likeness (QED) is 0.616. The van der Waals surface area contributed by atoms with Crippen molar-refractivity contribution in [1.82, 2.24) is 19.8 Å². The number of likely N-dealkylation sites (tertiary alicyclic amines) is 1. The SMILES string of the molecule is COC(=O)C1CCN(C(=O)ON2C(=O)N3CCN(C(=O)OC(C)(C)C)CC3C2O)CC1. The Labute approximate surface area is 180 Å². The predicted octanol–water partition coefficient (Wildman–Crippen LogP) is 0.598. The lowest BCUT2D eigenvalue weighted by molar-refractivity contribution is -0.156. The molecule has 0 spiro atoms. The molecule has 0 aromatic carbocycles. The summed E-state index contributed by atoms with van der Waals surface area (Å²) in [4.78, 5) is 58.5. The molecule has 3 saturated heterocycles. The first-order valence-electron chi connectivity index (χ1n) is 10.3. The first-order valence-corrected chi connectivity index (χ1v) is 10.3. The van der Waals surface area contributed by atoms with E-state index in [0.29, 0.717) is 17.9 Å². The third kappa shape index (κ3) is 4.94. The van der Waals surface area contributed by atoms with Crippen molar-refractivity contribution in [2.45, 2.75) is 51.5 Å². The Bertz CT molecular complexity index is 731. The summed E-state index contributed by atoms with van der Waals surface area (Å²) < 4.78 is 10.1. The van der Waals surface area contributed by atoms with Crippen molar-refractivity contribution < 1.29 is 38.6 Å². The molecule has 2 unspecified atom stereocenters. The number of methoxy groups -OCH3 is 1. The maximum Gasteiger partial charge on any atom is 0.434 e. The van der Waals surface area contributed by atoms with E-state index >= 15 is 0 Å². The molecule has 0 aromatic heterocycles. The number of piperidine rings is 1. The summed E-state index contributed by atoms with van der Waals surface area (Å²) in [5.74, 6) is -0.592. The van der Waals surface area contributed by atoms with Crippen LogP contribution in [0.15, 0.2) is 0 Å². The van der Waals surface area contributed by atoms with Gasteiger partial charge in [-0.05, 0) is 33.6 Å². The maximum atomic E-state index is 12.7. The number of piperazine rings is 1. The van der Waals surface area contributed by atoms with Crippen LogP contribution in [0.2, 0.25) is 0 Å². The number of esters is 1. The topological polar surface area (TPSA) is 129 Å². The number of hydrogen-bond donors (Lipinski definition) is 1. The van der Waals surface area contributed by atoms with Gasteiger partial charge < -0.3 is 34.1 Å². The Kier molecular flexibility index (Phi) is 6.48. The molecule has 174 valence electrons. The zero-order chi connectivity index (χ0) is 22.9. The summed E-state index contributed by atoms with van der Waals surface area (Å²) in [5.41, 5.74) is -0.665. The molecule has 0 radical (unpaired) electrons. The summed E-state index contributed by atoms with van der Waals surface area (Å²) in [6.45, 7) is 6.29. The highest BCUT2D eigenvalue weighted by atomic mass is 16.7. The van der Waals surface area contributed by atoms with Crippen molar-refractivity contribution in [2.24, 2.45) is 5.92 Å². The summed E-state index contributed by atoms with van der Waals surface area (Å²) in [6.07, 6.45) is -1.87.